The van der Waals surface area contributed by atoms with Crippen LogP contribution in [0.3, 0.4) is 0 Å². The standard InChI is InChI=1S/C11H12N2O4S/c1-7-4-5-8-9(6-7)18(15,16)10(11(14)17-3)12-13(8)2/h4-6H,1-3H3. The number of esters is 1. The van der Waals surface area contributed by atoms with Gasteiger partial charge in [-0.05, 0) is 24.6 Å². The van der Waals surface area contributed by atoms with Crippen molar-refractivity contribution >= 4 is 26.5 Å². The van der Waals surface area contributed by atoms with E-state index in [4.69, 9.17) is 0 Å². The smallest absolute Gasteiger partial charge is 0.370 e. The normalized spacial score (nSPS) is 16.8. The number of anilines is 1. The summed E-state index contributed by atoms with van der Waals surface area (Å²) in [4.78, 5) is 11.5. The quantitative estimate of drug-likeness (QED) is 0.701. The van der Waals surface area contributed by atoms with Gasteiger partial charge >= 0.3 is 5.97 Å². The molecule has 6 nitrogen and oxygen atoms in total. The van der Waals surface area contributed by atoms with Crippen molar-refractivity contribution in [3.63, 3.8) is 0 Å². The maximum absolute atomic E-state index is 12.2. The van der Waals surface area contributed by atoms with Crippen LogP contribution >= 0.6 is 0 Å². The Bertz CT molecular complexity index is 649. The molecule has 0 fully saturated rings. The van der Waals surface area contributed by atoms with Crippen molar-refractivity contribution in [2.45, 2.75) is 11.8 Å². The van der Waals surface area contributed by atoms with Crippen LogP contribution < -0.4 is 5.01 Å². The van der Waals surface area contributed by atoms with Gasteiger partial charge in [-0.2, -0.15) is 5.10 Å². The van der Waals surface area contributed by atoms with Crippen LogP contribution in [0.4, 0.5) is 5.69 Å². The van der Waals surface area contributed by atoms with Gasteiger partial charge in [0.05, 0.1) is 17.7 Å². The van der Waals surface area contributed by atoms with Gasteiger partial charge in [0, 0.05) is 7.05 Å². The van der Waals surface area contributed by atoms with Crippen LogP contribution in [0, 0.1) is 6.92 Å². The van der Waals surface area contributed by atoms with Crippen LogP contribution in [0.2, 0.25) is 0 Å². The molecule has 1 aliphatic rings. The fraction of sp³-hybridized carbons (Fsp3) is 0.273. The third kappa shape index (κ3) is 1.76. The Hall–Kier alpha value is -1.89. The molecule has 0 saturated carbocycles. The number of aryl methyl sites for hydroxylation is 1. The second kappa shape index (κ2) is 4.09. The number of rotatable bonds is 1. The van der Waals surface area contributed by atoms with Gasteiger partial charge in [0.2, 0.25) is 9.84 Å². The molecular formula is C11H12N2O4S. The van der Waals surface area contributed by atoms with Gasteiger partial charge in [-0.1, -0.05) is 6.07 Å². The minimum Gasteiger partial charge on any atom is -0.464 e. The van der Waals surface area contributed by atoms with Gasteiger partial charge in [0.15, 0.2) is 0 Å². The number of hydrogen-bond donors (Lipinski definition) is 0. The summed E-state index contributed by atoms with van der Waals surface area (Å²) in [6.45, 7) is 1.78. The van der Waals surface area contributed by atoms with Crippen molar-refractivity contribution in [3.8, 4) is 0 Å². The van der Waals surface area contributed by atoms with Gasteiger partial charge in [-0.15, -0.1) is 0 Å². The average molecular weight is 268 g/mol. The van der Waals surface area contributed by atoms with Crippen LogP contribution in [0.25, 0.3) is 0 Å². The number of ether oxygens (including phenoxy) is 1. The molecule has 0 unspecified atom stereocenters. The van der Waals surface area contributed by atoms with E-state index in [-0.39, 0.29) is 4.90 Å². The first kappa shape index (κ1) is 12.6. The second-order valence-corrected chi connectivity index (χ2v) is 5.73. The van der Waals surface area contributed by atoms with E-state index < -0.39 is 20.9 Å². The van der Waals surface area contributed by atoms with Crippen molar-refractivity contribution in [2.24, 2.45) is 5.10 Å². The highest BCUT2D eigenvalue weighted by Crippen LogP contribution is 2.31. The summed E-state index contributed by atoms with van der Waals surface area (Å²) in [5.41, 5.74) is 1.23. The third-order valence-corrected chi connectivity index (χ3v) is 4.27. The molecule has 0 saturated heterocycles. The number of carbonyl (C=O) groups excluding carboxylic acids is 1. The minimum absolute atomic E-state index is 0.0698. The Labute approximate surface area is 105 Å². The third-order valence-electron chi connectivity index (χ3n) is 2.61. The first-order valence-corrected chi connectivity index (χ1v) is 6.62. The molecule has 7 heteroatoms. The molecule has 18 heavy (non-hydrogen) atoms. The van der Waals surface area contributed by atoms with Gasteiger partial charge in [0.25, 0.3) is 5.04 Å². The number of sulfone groups is 1. The molecule has 0 N–H and O–H groups in total. The SMILES string of the molecule is COC(=O)C1=NN(C)c2ccc(C)cc2S1(=O)=O. The van der Waals surface area contributed by atoms with E-state index in [1.165, 1.54) is 11.1 Å². The number of hydrogen-bond acceptors (Lipinski definition) is 6. The lowest BCUT2D eigenvalue weighted by Crippen LogP contribution is -2.33. The second-order valence-electron chi connectivity index (χ2n) is 3.89. The van der Waals surface area contributed by atoms with E-state index in [9.17, 15) is 13.2 Å². The van der Waals surface area contributed by atoms with E-state index in [0.29, 0.717) is 5.69 Å². The molecular weight excluding hydrogens is 256 g/mol. The fourth-order valence-corrected chi connectivity index (χ4v) is 3.25. The van der Waals surface area contributed by atoms with Crippen LogP contribution in [0.1, 0.15) is 5.56 Å². The molecule has 0 radical (unpaired) electrons. The van der Waals surface area contributed by atoms with Gasteiger partial charge in [-0.25, -0.2) is 13.2 Å². The van der Waals surface area contributed by atoms with Gasteiger partial charge in [-0.3, -0.25) is 5.01 Å². The monoisotopic (exact) mass is 268 g/mol. The van der Waals surface area contributed by atoms with Crippen molar-refractivity contribution in [2.75, 3.05) is 19.2 Å². The summed E-state index contributed by atoms with van der Waals surface area (Å²) in [6, 6.07) is 4.95. The molecule has 0 atom stereocenters. The lowest BCUT2D eigenvalue weighted by atomic mass is 10.2. The predicted molar refractivity (Wildman–Crippen MR) is 66.2 cm³/mol. The summed E-state index contributed by atoms with van der Waals surface area (Å²) in [5.74, 6) is -0.964. The van der Waals surface area contributed by atoms with Crippen molar-refractivity contribution < 1.29 is 17.9 Å². The highest BCUT2D eigenvalue weighted by Gasteiger charge is 2.37. The molecule has 0 amide bonds. The Morgan fingerprint density at radius 2 is 2.06 bits per heavy atom. The highest BCUT2D eigenvalue weighted by atomic mass is 32.2. The maximum Gasteiger partial charge on any atom is 0.370 e. The largest absolute Gasteiger partial charge is 0.464 e. The average Bonchev–Trinajstić information content (AvgIpc) is 2.33. The Kier molecular flexibility index (Phi) is 2.86. The molecule has 0 spiro atoms. The van der Waals surface area contributed by atoms with Gasteiger partial charge < -0.3 is 4.74 Å². The van der Waals surface area contributed by atoms with Crippen molar-refractivity contribution in [3.05, 3.63) is 23.8 Å². The Morgan fingerprint density at radius 1 is 1.39 bits per heavy atom. The maximum atomic E-state index is 12.2. The first-order valence-electron chi connectivity index (χ1n) is 5.14. The minimum atomic E-state index is -3.92. The number of nitrogens with zero attached hydrogens (tertiary/aromatic N) is 2. The molecule has 1 aliphatic heterocycles. The van der Waals surface area contributed by atoms with Crippen LogP contribution in [0.5, 0.6) is 0 Å². The number of hydrazone groups is 1. The van der Waals surface area contributed by atoms with Crippen LogP contribution in [0.15, 0.2) is 28.2 Å². The summed E-state index contributed by atoms with van der Waals surface area (Å²) >= 11 is 0. The molecule has 0 aromatic heterocycles. The molecule has 1 aromatic rings. The number of carbonyl (C=O) groups is 1. The summed E-state index contributed by atoms with van der Waals surface area (Å²) in [5, 5.41) is 4.52. The van der Waals surface area contributed by atoms with Crippen LogP contribution in [-0.4, -0.2) is 33.6 Å². The molecule has 96 valence electrons. The molecule has 1 heterocycles. The summed E-state index contributed by atoms with van der Waals surface area (Å²) in [6.07, 6.45) is 0. The lowest BCUT2D eigenvalue weighted by molar-refractivity contribution is -0.132. The molecule has 2 rings (SSSR count). The van der Waals surface area contributed by atoms with Crippen molar-refractivity contribution in [1.82, 2.24) is 0 Å². The van der Waals surface area contributed by atoms with E-state index in [1.54, 1.807) is 26.1 Å². The van der Waals surface area contributed by atoms with E-state index in [1.807, 2.05) is 0 Å². The first-order chi connectivity index (χ1) is 8.37. The predicted octanol–water partition coefficient (Wildman–Crippen LogP) is 0.705. The fourth-order valence-electron chi connectivity index (χ4n) is 1.69. The van der Waals surface area contributed by atoms with Crippen molar-refractivity contribution in [1.29, 1.82) is 0 Å². The van der Waals surface area contributed by atoms with Gasteiger partial charge in [0.1, 0.15) is 0 Å². The Morgan fingerprint density at radius 3 is 2.67 bits per heavy atom. The number of methoxy groups -OCH3 is 1. The summed E-state index contributed by atoms with van der Waals surface area (Å²) < 4.78 is 28.9. The molecule has 0 aliphatic carbocycles. The molecule has 1 aromatic carbocycles. The number of fused-ring (bicyclic) bond motifs is 1. The van der Waals surface area contributed by atoms with E-state index in [2.05, 4.69) is 9.84 Å². The van der Waals surface area contributed by atoms with E-state index in [0.717, 1.165) is 12.7 Å². The zero-order valence-corrected chi connectivity index (χ0v) is 11.0. The Balaban J connectivity index is 2.71. The highest BCUT2D eigenvalue weighted by molar-refractivity contribution is 8.08. The topological polar surface area (TPSA) is 76.0 Å². The van der Waals surface area contributed by atoms with Crippen LogP contribution in [-0.2, 0) is 19.4 Å². The van der Waals surface area contributed by atoms with E-state index >= 15 is 0 Å². The molecule has 0 bridgehead atoms. The zero-order valence-electron chi connectivity index (χ0n) is 10.2. The lowest BCUT2D eigenvalue weighted by Gasteiger charge is -2.23. The zero-order chi connectivity index (χ0) is 13.5. The number of benzene rings is 1. The summed E-state index contributed by atoms with van der Waals surface area (Å²) in [7, 11) is -1.22.